The summed E-state index contributed by atoms with van der Waals surface area (Å²) in [5.74, 6) is -1.12. The quantitative estimate of drug-likeness (QED) is 0.616. The molecule has 0 unspecified atom stereocenters. The fraction of sp³-hybridized carbons (Fsp3) is 0.571. The molecule has 0 bridgehead atoms. The number of pyridine rings is 1. The summed E-state index contributed by atoms with van der Waals surface area (Å²) in [5, 5.41) is 0. The Hall–Kier alpha value is -2.38. The highest BCUT2D eigenvalue weighted by Gasteiger charge is 2.43. The second-order valence-corrected chi connectivity index (χ2v) is 8.72. The van der Waals surface area contributed by atoms with Gasteiger partial charge in [0, 0.05) is 5.69 Å². The smallest absolute Gasteiger partial charge is 0.426 e. The molecule has 0 fully saturated rings. The van der Waals surface area contributed by atoms with Gasteiger partial charge >= 0.3 is 6.18 Å². The average molecular weight is 411 g/mol. The monoisotopic (exact) mass is 411 g/mol. The number of rotatable bonds is 5. The van der Waals surface area contributed by atoms with Crippen LogP contribution in [0.3, 0.4) is 0 Å². The van der Waals surface area contributed by atoms with E-state index >= 15 is 0 Å². The van der Waals surface area contributed by atoms with Crippen LogP contribution in [0.5, 0.6) is 11.8 Å². The Bertz CT molecular complexity index is 816. The van der Waals surface area contributed by atoms with Gasteiger partial charge in [0.2, 0.25) is 11.8 Å². The minimum atomic E-state index is -4.75. The fourth-order valence-electron chi connectivity index (χ4n) is 2.50. The van der Waals surface area contributed by atoms with E-state index in [0.717, 1.165) is 18.5 Å². The lowest BCUT2D eigenvalue weighted by molar-refractivity contribution is -0.142. The molecular weight excluding hydrogens is 383 g/mol. The maximum atomic E-state index is 13.9. The molecule has 0 saturated carbocycles. The molecule has 0 aromatic carbocycles. The maximum absolute atomic E-state index is 13.9. The standard InChI is InChI=1S/C21H28F3N3O2/c1-8-10-13-11-9-12-14(25-13)16-26-17(28-19(2,3)4)15(21(22,23)24)18(27-16)29-20(5,6)7/h9,11-12H,8,10H2,1-7H3. The fourth-order valence-corrected chi connectivity index (χ4v) is 2.50. The van der Waals surface area contributed by atoms with Crippen LogP contribution in [0.4, 0.5) is 13.2 Å². The molecule has 0 saturated heterocycles. The van der Waals surface area contributed by atoms with Gasteiger partial charge in [0.1, 0.15) is 16.9 Å². The van der Waals surface area contributed by atoms with Crippen molar-refractivity contribution in [3.05, 3.63) is 29.5 Å². The van der Waals surface area contributed by atoms with Crippen LogP contribution >= 0.6 is 0 Å². The van der Waals surface area contributed by atoms with E-state index in [1.165, 1.54) is 0 Å². The molecular formula is C21H28F3N3O2. The first-order valence-corrected chi connectivity index (χ1v) is 9.53. The van der Waals surface area contributed by atoms with Crippen molar-refractivity contribution >= 4 is 0 Å². The average Bonchev–Trinajstić information content (AvgIpc) is 2.50. The van der Waals surface area contributed by atoms with Gasteiger partial charge in [0.25, 0.3) is 0 Å². The first kappa shape index (κ1) is 22.9. The van der Waals surface area contributed by atoms with Gasteiger partial charge in [-0.25, -0.2) is 4.98 Å². The Morgan fingerprint density at radius 3 is 1.76 bits per heavy atom. The highest BCUT2D eigenvalue weighted by molar-refractivity contribution is 5.54. The number of ether oxygens (including phenoxy) is 2. The molecule has 2 rings (SSSR count). The highest BCUT2D eigenvalue weighted by Crippen LogP contribution is 2.43. The predicted molar refractivity (Wildman–Crippen MR) is 105 cm³/mol. The third-order valence-corrected chi connectivity index (χ3v) is 3.47. The molecule has 0 N–H and O–H groups in total. The summed E-state index contributed by atoms with van der Waals surface area (Å²) in [5.41, 5.74) is -1.76. The zero-order valence-corrected chi connectivity index (χ0v) is 17.9. The van der Waals surface area contributed by atoms with Crippen molar-refractivity contribution in [1.82, 2.24) is 15.0 Å². The van der Waals surface area contributed by atoms with E-state index in [1.807, 2.05) is 13.0 Å². The van der Waals surface area contributed by atoms with Crippen LogP contribution < -0.4 is 9.47 Å². The van der Waals surface area contributed by atoms with Crippen molar-refractivity contribution in [2.24, 2.45) is 0 Å². The molecule has 2 heterocycles. The van der Waals surface area contributed by atoms with Crippen molar-refractivity contribution in [1.29, 1.82) is 0 Å². The molecule has 5 nitrogen and oxygen atoms in total. The second kappa shape index (κ2) is 8.16. The van der Waals surface area contributed by atoms with E-state index in [-0.39, 0.29) is 5.82 Å². The first-order valence-electron chi connectivity index (χ1n) is 9.53. The lowest BCUT2D eigenvalue weighted by Crippen LogP contribution is -2.29. The number of hydrogen-bond acceptors (Lipinski definition) is 5. The zero-order chi connectivity index (χ0) is 22.0. The van der Waals surface area contributed by atoms with E-state index in [0.29, 0.717) is 5.69 Å². The Morgan fingerprint density at radius 1 is 0.828 bits per heavy atom. The molecule has 0 radical (unpaired) electrons. The summed E-state index contributed by atoms with van der Waals surface area (Å²) in [6.45, 7) is 11.9. The van der Waals surface area contributed by atoms with Crippen molar-refractivity contribution in [3.8, 4) is 23.3 Å². The first-order chi connectivity index (χ1) is 13.2. The van der Waals surface area contributed by atoms with Crippen LogP contribution in [-0.2, 0) is 12.6 Å². The van der Waals surface area contributed by atoms with Crippen molar-refractivity contribution < 1.29 is 22.6 Å². The van der Waals surface area contributed by atoms with Crippen LogP contribution in [-0.4, -0.2) is 26.2 Å². The molecule has 0 atom stereocenters. The van der Waals surface area contributed by atoms with Gasteiger partial charge in [-0.2, -0.15) is 23.1 Å². The van der Waals surface area contributed by atoms with Crippen LogP contribution in [0.1, 0.15) is 66.1 Å². The van der Waals surface area contributed by atoms with Crippen LogP contribution in [0.25, 0.3) is 11.5 Å². The van der Waals surface area contributed by atoms with Gasteiger partial charge in [0.05, 0.1) is 0 Å². The molecule has 0 aliphatic rings. The topological polar surface area (TPSA) is 57.1 Å². The Balaban J connectivity index is 2.74. The molecule has 8 heteroatoms. The molecule has 0 spiro atoms. The van der Waals surface area contributed by atoms with Crippen LogP contribution in [0.2, 0.25) is 0 Å². The number of alkyl halides is 3. The van der Waals surface area contributed by atoms with Crippen molar-refractivity contribution in [2.75, 3.05) is 0 Å². The SMILES string of the molecule is CCCc1cccc(-c2nc(OC(C)(C)C)c(C(F)(F)F)c(OC(C)(C)C)n2)n1. The molecule has 0 aliphatic heterocycles. The largest absolute Gasteiger partial charge is 0.471 e. The van der Waals surface area contributed by atoms with Gasteiger partial charge in [-0.3, -0.25) is 0 Å². The summed E-state index contributed by atoms with van der Waals surface area (Å²) in [6, 6.07) is 5.29. The summed E-state index contributed by atoms with van der Waals surface area (Å²) in [7, 11) is 0. The number of hydrogen-bond donors (Lipinski definition) is 0. The van der Waals surface area contributed by atoms with E-state index in [4.69, 9.17) is 9.47 Å². The summed E-state index contributed by atoms with van der Waals surface area (Å²) >= 11 is 0. The normalized spacial score (nSPS) is 12.8. The lowest BCUT2D eigenvalue weighted by atomic mass is 10.1. The predicted octanol–water partition coefficient (Wildman–Crippen LogP) is 5.86. The zero-order valence-electron chi connectivity index (χ0n) is 17.9. The summed E-state index contributed by atoms with van der Waals surface area (Å²) < 4.78 is 52.9. The summed E-state index contributed by atoms with van der Waals surface area (Å²) in [4.78, 5) is 12.7. The molecule has 0 aliphatic carbocycles. The van der Waals surface area contributed by atoms with E-state index in [9.17, 15) is 13.2 Å². The van der Waals surface area contributed by atoms with Crippen molar-refractivity contribution in [2.45, 2.75) is 78.7 Å². The number of nitrogens with zero attached hydrogens (tertiary/aromatic N) is 3. The molecule has 2 aromatic rings. The van der Waals surface area contributed by atoms with Gasteiger partial charge in [0.15, 0.2) is 11.4 Å². The molecule has 2 aromatic heterocycles. The van der Waals surface area contributed by atoms with E-state index in [1.54, 1.807) is 53.7 Å². The third-order valence-electron chi connectivity index (χ3n) is 3.47. The minimum absolute atomic E-state index is 0.0226. The van der Waals surface area contributed by atoms with Gasteiger partial charge < -0.3 is 9.47 Å². The lowest BCUT2D eigenvalue weighted by Gasteiger charge is -2.27. The van der Waals surface area contributed by atoms with E-state index in [2.05, 4.69) is 15.0 Å². The Kier molecular flexibility index (Phi) is 6.45. The number of halogens is 3. The Labute approximate surface area is 169 Å². The van der Waals surface area contributed by atoms with Gasteiger partial charge in [-0.05, 0) is 60.1 Å². The third kappa shape index (κ3) is 6.58. The second-order valence-electron chi connectivity index (χ2n) is 8.72. The van der Waals surface area contributed by atoms with Gasteiger partial charge in [-0.15, -0.1) is 0 Å². The van der Waals surface area contributed by atoms with E-state index < -0.39 is 34.7 Å². The maximum Gasteiger partial charge on any atom is 0.426 e. The summed E-state index contributed by atoms with van der Waals surface area (Å²) in [6.07, 6.45) is -3.12. The van der Waals surface area contributed by atoms with Crippen LogP contribution in [0.15, 0.2) is 18.2 Å². The molecule has 29 heavy (non-hydrogen) atoms. The molecule has 0 amide bonds. The van der Waals surface area contributed by atoms with Gasteiger partial charge in [-0.1, -0.05) is 19.4 Å². The highest BCUT2D eigenvalue weighted by atomic mass is 19.4. The number of aromatic nitrogens is 3. The molecule has 160 valence electrons. The minimum Gasteiger partial charge on any atom is -0.471 e. The number of aryl methyl sites for hydroxylation is 1. The van der Waals surface area contributed by atoms with Crippen molar-refractivity contribution in [3.63, 3.8) is 0 Å². The Morgan fingerprint density at radius 2 is 1.34 bits per heavy atom. The van der Waals surface area contributed by atoms with Crippen LogP contribution in [0, 0.1) is 0 Å².